The van der Waals surface area contributed by atoms with Crippen LogP contribution in [0.2, 0.25) is 0 Å². The number of aryl methyl sites for hydroxylation is 1. The van der Waals surface area contributed by atoms with Gasteiger partial charge in [-0.3, -0.25) is 0 Å². The van der Waals surface area contributed by atoms with Crippen molar-refractivity contribution >= 4 is 5.97 Å². The SMILES string of the molecule is Cc1ccc(C(C)C)cc1-c1oncc1C(=O)O. The van der Waals surface area contributed by atoms with E-state index in [1.54, 1.807) is 0 Å². The normalized spacial score (nSPS) is 10.9. The van der Waals surface area contributed by atoms with Gasteiger partial charge < -0.3 is 9.63 Å². The highest BCUT2D eigenvalue weighted by molar-refractivity contribution is 5.94. The summed E-state index contributed by atoms with van der Waals surface area (Å²) in [6, 6.07) is 5.98. The third-order valence-electron chi connectivity index (χ3n) is 2.97. The van der Waals surface area contributed by atoms with Gasteiger partial charge in [0.2, 0.25) is 0 Å². The molecule has 0 bridgehead atoms. The fraction of sp³-hybridized carbons (Fsp3) is 0.286. The Balaban J connectivity index is 2.59. The molecule has 1 heterocycles. The molecule has 0 spiro atoms. The molecule has 2 aromatic rings. The first kappa shape index (κ1) is 12.4. The Morgan fingerprint density at radius 1 is 1.39 bits per heavy atom. The van der Waals surface area contributed by atoms with Gasteiger partial charge in [-0.2, -0.15) is 0 Å². The Bertz CT molecular complexity index is 584. The van der Waals surface area contributed by atoms with Gasteiger partial charge in [-0.05, 0) is 30.0 Å². The highest BCUT2D eigenvalue weighted by Crippen LogP contribution is 2.29. The van der Waals surface area contributed by atoms with Gasteiger partial charge in [0.05, 0.1) is 6.20 Å². The first-order chi connectivity index (χ1) is 8.50. The fourth-order valence-corrected chi connectivity index (χ4v) is 1.83. The first-order valence-corrected chi connectivity index (χ1v) is 5.79. The van der Waals surface area contributed by atoms with Gasteiger partial charge in [-0.15, -0.1) is 0 Å². The predicted molar refractivity (Wildman–Crippen MR) is 67.7 cm³/mol. The molecule has 0 radical (unpaired) electrons. The minimum atomic E-state index is -1.03. The third-order valence-corrected chi connectivity index (χ3v) is 2.97. The zero-order valence-electron chi connectivity index (χ0n) is 10.6. The molecule has 0 aliphatic carbocycles. The van der Waals surface area contributed by atoms with Gasteiger partial charge in [-0.1, -0.05) is 31.1 Å². The molecule has 0 fully saturated rings. The maximum absolute atomic E-state index is 11.1. The van der Waals surface area contributed by atoms with Crippen molar-refractivity contribution in [3.63, 3.8) is 0 Å². The topological polar surface area (TPSA) is 63.3 Å². The van der Waals surface area contributed by atoms with E-state index in [4.69, 9.17) is 9.63 Å². The second-order valence-corrected chi connectivity index (χ2v) is 4.60. The van der Waals surface area contributed by atoms with Crippen molar-refractivity contribution in [2.24, 2.45) is 0 Å². The van der Waals surface area contributed by atoms with Crippen LogP contribution in [0.3, 0.4) is 0 Å². The molecule has 2 rings (SSSR count). The molecule has 0 unspecified atom stereocenters. The molecule has 0 saturated heterocycles. The summed E-state index contributed by atoms with van der Waals surface area (Å²) in [6.45, 7) is 6.10. The van der Waals surface area contributed by atoms with Crippen LogP contribution in [-0.2, 0) is 0 Å². The van der Waals surface area contributed by atoms with E-state index in [9.17, 15) is 4.79 Å². The Kier molecular flexibility index (Phi) is 3.19. The van der Waals surface area contributed by atoms with Crippen molar-refractivity contribution in [2.75, 3.05) is 0 Å². The summed E-state index contributed by atoms with van der Waals surface area (Å²) in [7, 11) is 0. The Morgan fingerprint density at radius 3 is 2.72 bits per heavy atom. The minimum absolute atomic E-state index is 0.0963. The standard InChI is InChI=1S/C14H15NO3/c1-8(2)10-5-4-9(3)11(6-10)13-12(14(16)17)7-15-18-13/h4-8H,1-3H3,(H,16,17). The molecular weight excluding hydrogens is 230 g/mol. The largest absolute Gasteiger partial charge is 0.477 e. The molecule has 94 valence electrons. The number of hydrogen-bond donors (Lipinski definition) is 1. The van der Waals surface area contributed by atoms with Crippen LogP contribution >= 0.6 is 0 Å². The number of aromatic nitrogens is 1. The highest BCUT2D eigenvalue weighted by Gasteiger charge is 2.19. The lowest BCUT2D eigenvalue weighted by molar-refractivity contribution is 0.0697. The van der Waals surface area contributed by atoms with E-state index in [0.717, 1.165) is 16.7 Å². The van der Waals surface area contributed by atoms with Crippen LogP contribution in [0.25, 0.3) is 11.3 Å². The van der Waals surface area contributed by atoms with Crippen LogP contribution < -0.4 is 0 Å². The molecule has 0 aliphatic rings. The van der Waals surface area contributed by atoms with Crippen molar-refractivity contribution in [1.29, 1.82) is 0 Å². The van der Waals surface area contributed by atoms with Crippen molar-refractivity contribution in [3.05, 3.63) is 41.1 Å². The smallest absolute Gasteiger partial charge is 0.341 e. The molecular formula is C14H15NO3. The van der Waals surface area contributed by atoms with Crippen molar-refractivity contribution < 1.29 is 14.4 Å². The first-order valence-electron chi connectivity index (χ1n) is 5.79. The number of aromatic carboxylic acids is 1. The number of carboxylic acids is 1. The second-order valence-electron chi connectivity index (χ2n) is 4.60. The summed E-state index contributed by atoms with van der Waals surface area (Å²) in [5, 5.41) is 12.7. The number of carbonyl (C=O) groups is 1. The average molecular weight is 245 g/mol. The average Bonchev–Trinajstić information content (AvgIpc) is 2.78. The number of carboxylic acid groups (broad SMARTS) is 1. The van der Waals surface area contributed by atoms with Crippen LogP contribution in [-0.4, -0.2) is 16.2 Å². The van der Waals surface area contributed by atoms with Crippen LogP contribution in [0.1, 0.15) is 41.3 Å². The van der Waals surface area contributed by atoms with E-state index in [-0.39, 0.29) is 5.56 Å². The van der Waals surface area contributed by atoms with Crippen LogP contribution in [0.15, 0.2) is 28.9 Å². The molecule has 0 saturated carbocycles. The number of rotatable bonds is 3. The molecule has 1 N–H and O–H groups in total. The van der Waals surface area contributed by atoms with E-state index in [2.05, 4.69) is 19.0 Å². The molecule has 4 nitrogen and oxygen atoms in total. The van der Waals surface area contributed by atoms with Crippen LogP contribution in [0.4, 0.5) is 0 Å². The van der Waals surface area contributed by atoms with Crippen LogP contribution in [0, 0.1) is 6.92 Å². The van der Waals surface area contributed by atoms with E-state index < -0.39 is 5.97 Å². The fourth-order valence-electron chi connectivity index (χ4n) is 1.83. The molecule has 0 atom stereocenters. The molecule has 0 aliphatic heterocycles. The van der Waals surface area contributed by atoms with Crippen LogP contribution in [0.5, 0.6) is 0 Å². The number of nitrogens with zero attached hydrogens (tertiary/aromatic N) is 1. The summed E-state index contributed by atoms with van der Waals surface area (Å²) in [6.07, 6.45) is 1.24. The molecule has 1 aromatic heterocycles. The van der Waals surface area contributed by atoms with Gasteiger partial charge >= 0.3 is 5.97 Å². The Labute approximate surface area is 105 Å². The highest BCUT2D eigenvalue weighted by atomic mass is 16.5. The summed E-state index contributed by atoms with van der Waals surface area (Å²) < 4.78 is 5.10. The summed E-state index contributed by atoms with van der Waals surface area (Å²) in [5.41, 5.74) is 3.00. The maximum Gasteiger partial charge on any atom is 0.341 e. The van der Waals surface area contributed by atoms with Gasteiger partial charge in [0, 0.05) is 5.56 Å². The minimum Gasteiger partial charge on any atom is -0.477 e. The summed E-state index contributed by atoms with van der Waals surface area (Å²) in [4.78, 5) is 11.1. The van der Waals surface area contributed by atoms with Gasteiger partial charge in [0.15, 0.2) is 5.76 Å². The maximum atomic E-state index is 11.1. The van der Waals surface area contributed by atoms with Gasteiger partial charge in [0.25, 0.3) is 0 Å². The zero-order valence-corrected chi connectivity index (χ0v) is 10.6. The summed E-state index contributed by atoms with van der Waals surface area (Å²) in [5.74, 6) is -0.330. The van der Waals surface area contributed by atoms with Crippen molar-refractivity contribution in [3.8, 4) is 11.3 Å². The lowest BCUT2D eigenvalue weighted by atomic mass is 9.95. The molecule has 18 heavy (non-hydrogen) atoms. The van der Waals surface area contributed by atoms with Crippen molar-refractivity contribution in [2.45, 2.75) is 26.7 Å². The Hall–Kier alpha value is -2.10. The van der Waals surface area contributed by atoms with Gasteiger partial charge in [-0.25, -0.2) is 4.79 Å². The van der Waals surface area contributed by atoms with Gasteiger partial charge in [0.1, 0.15) is 5.56 Å². The van der Waals surface area contributed by atoms with E-state index in [1.165, 1.54) is 6.20 Å². The quantitative estimate of drug-likeness (QED) is 0.899. The van der Waals surface area contributed by atoms with Crippen molar-refractivity contribution in [1.82, 2.24) is 5.16 Å². The Morgan fingerprint density at radius 2 is 2.11 bits per heavy atom. The monoisotopic (exact) mass is 245 g/mol. The number of hydrogen-bond acceptors (Lipinski definition) is 3. The van der Waals surface area contributed by atoms with E-state index in [1.807, 2.05) is 25.1 Å². The molecule has 4 heteroatoms. The van der Waals surface area contributed by atoms with E-state index in [0.29, 0.717) is 11.7 Å². The van der Waals surface area contributed by atoms with E-state index >= 15 is 0 Å². The summed E-state index contributed by atoms with van der Waals surface area (Å²) >= 11 is 0. The zero-order chi connectivity index (χ0) is 13.3. The number of benzene rings is 1. The molecule has 1 aromatic carbocycles. The third kappa shape index (κ3) is 2.14. The second kappa shape index (κ2) is 4.64. The predicted octanol–water partition coefficient (Wildman–Crippen LogP) is 3.47. The lowest BCUT2D eigenvalue weighted by Gasteiger charge is -2.09. The lowest BCUT2D eigenvalue weighted by Crippen LogP contribution is -1.98. The molecule has 0 amide bonds.